The third kappa shape index (κ3) is 3.39. The number of aromatic amines is 1. The maximum atomic E-state index is 6.78. The number of anilines is 1. The Balaban J connectivity index is 1.58. The molecule has 3 aromatic rings. The van der Waals surface area contributed by atoms with Crippen LogP contribution in [0.1, 0.15) is 38.1 Å². The highest BCUT2D eigenvalue weighted by molar-refractivity contribution is 6.35. The number of rotatable bonds is 4. The highest BCUT2D eigenvalue weighted by Crippen LogP contribution is 2.42. The van der Waals surface area contributed by atoms with E-state index in [1.807, 2.05) is 16.9 Å². The van der Waals surface area contributed by atoms with Gasteiger partial charge in [-0.15, -0.1) is 0 Å². The fourth-order valence-corrected chi connectivity index (χ4v) is 4.97. The number of aryl methyl sites for hydroxylation is 1. The first-order chi connectivity index (χ1) is 14.7. The summed E-state index contributed by atoms with van der Waals surface area (Å²) >= 11 is 6.78. The molecule has 160 valence electrons. The van der Waals surface area contributed by atoms with E-state index < -0.39 is 0 Å². The number of aromatic nitrogens is 4. The Kier molecular flexibility index (Phi) is 5.43. The molecule has 1 aromatic carbocycles. The fourth-order valence-electron chi connectivity index (χ4n) is 4.72. The summed E-state index contributed by atoms with van der Waals surface area (Å²) in [6.07, 6.45) is 5.21. The predicted molar refractivity (Wildman–Crippen MR) is 120 cm³/mol. The molecular weight excluding hydrogens is 400 g/mol. The molecule has 2 saturated heterocycles. The number of piperazine rings is 1. The quantitative estimate of drug-likeness (QED) is 0.673. The SMILES string of the molecule is CCN1CCN(c2n[nH]c(C)c2-c2c(Cl)ccc3c2cnn3C2CCCCO2)CC1. The van der Waals surface area contributed by atoms with Crippen LogP contribution in [0.3, 0.4) is 0 Å². The standard InChI is InChI=1S/C22H29ClN6O/c1-3-27-9-11-28(12-10-27)22-20(15(2)25-26-22)21-16-14-24-29(18(16)8-7-17(21)23)19-6-4-5-13-30-19/h7-8,14,19H,3-6,9-13H2,1-2H3,(H,25,26). The molecular formula is C22H29ClN6O. The first-order valence-electron chi connectivity index (χ1n) is 11.0. The van der Waals surface area contributed by atoms with Crippen LogP contribution in [0.2, 0.25) is 5.02 Å². The number of nitrogens with zero attached hydrogens (tertiary/aromatic N) is 5. The Hall–Kier alpha value is -2.09. The Morgan fingerprint density at radius 1 is 1.17 bits per heavy atom. The number of benzene rings is 1. The molecule has 30 heavy (non-hydrogen) atoms. The number of nitrogens with one attached hydrogen (secondary N) is 1. The molecule has 0 aliphatic carbocycles. The van der Waals surface area contributed by atoms with Gasteiger partial charge in [-0.1, -0.05) is 18.5 Å². The molecule has 7 nitrogen and oxygen atoms in total. The van der Waals surface area contributed by atoms with Gasteiger partial charge >= 0.3 is 0 Å². The average molecular weight is 429 g/mol. The molecule has 0 bridgehead atoms. The van der Waals surface area contributed by atoms with E-state index in [-0.39, 0.29) is 6.23 Å². The van der Waals surface area contributed by atoms with Crippen LogP contribution in [0.5, 0.6) is 0 Å². The van der Waals surface area contributed by atoms with Crippen LogP contribution in [0.4, 0.5) is 5.82 Å². The summed E-state index contributed by atoms with van der Waals surface area (Å²) in [7, 11) is 0. The minimum Gasteiger partial charge on any atom is -0.356 e. The molecule has 2 fully saturated rings. The normalized spacial score (nSPS) is 20.9. The van der Waals surface area contributed by atoms with Crippen LogP contribution in [-0.4, -0.2) is 64.2 Å². The number of hydrogen-bond donors (Lipinski definition) is 1. The molecule has 2 aliphatic rings. The second-order valence-corrected chi connectivity index (χ2v) is 8.64. The molecule has 0 spiro atoms. The van der Waals surface area contributed by atoms with Gasteiger partial charge in [-0.25, -0.2) is 4.68 Å². The van der Waals surface area contributed by atoms with Gasteiger partial charge in [0.2, 0.25) is 0 Å². The van der Waals surface area contributed by atoms with Crippen molar-refractivity contribution in [2.24, 2.45) is 0 Å². The second-order valence-electron chi connectivity index (χ2n) is 8.23. The van der Waals surface area contributed by atoms with Crippen molar-refractivity contribution in [3.05, 3.63) is 29.0 Å². The van der Waals surface area contributed by atoms with Crippen molar-refractivity contribution in [3.8, 4) is 11.1 Å². The molecule has 0 amide bonds. The minimum atomic E-state index is -0.00249. The summed E-state index contributed by atoms with van der Waals surface area (Å²) in [6, 6.07) is 4.03. The van der Waals surface area contributed by atoms with Gasteiger partial charge in [0.15, 0.2) is 12.0 Å². The lowest BCUT2D eigenvalue weighted by Crippen LogP contribution is -2.46. The van der Waals surface area contributed by atoms with Gasteiger partial charge in [-0.05, 0) is 44.9 Å². The Morgan fingerprint density at radius 2 is 2.00 bits per heavy atom. The van der Waals surface area contributed by atoms with E-state index in [0.717, 1.165) is 90.7 Å². The number of halogens is 1. The number of hydrogen-bond acceptors (Lipinski definition) is 5. The van der Waals surface area contributed by atoms with Crippen LogP contribution in [0.15, 0.2) is 18.3 Å². The van der Waals surface area contributed by atoms with Crippen molar-refractivity contribution in [1.29, 1.82) is 0 Å². The van der Waals surface area contributed by atoms with Gasteiger partial charge in [-0.2, -0.15) is 10.2 Å². The zero-order valence-electron chi connectivity index (χ0n) is 17.7. The van der Waals surface area contributed by atoms with E-state index in [2.05, 4.69) is 39.9 Å². The van der Waals surface area contributed by atoms with Crippen molar-refractivity contribution in [2.45, 2.75) is 39.3 Å². The van der Waals surface area contributed by atoms with E-state index in [1.165, 1.54) is 6.42 Å². The van der Waals surface area contributed by atoms with E-state index in [4.69, 9.17) is 21.4 Å². The van der Waals surface area contributed by atoms with Gasteiger partial charge in [0.05, 0.1) is 11.7 Å². The molecule has 2 aromatic heterocycles. The van der Waals surface area contributed by atoms with Crippen LogP contribution in [-0.2, 0) is 4.74 Å². The second kappa shape index (κ2) is 8.21. The minimum absolute atomic E-state index is 0.00249. The number of ether oxygens (including phenoxy) is 1. The maximum Gasteiger partial charge on any atom is 0.158 e. The molecule has 4 heterocycles. The monoisotopic (exact) mass is 428 g/mol. The summed E-state index contributed by atoms with van der Waals surface area (Å²) < 4.78 is 8.01. The third-order valence-corrected chi connectivity index (χ3v) is 6.77. The van der Waals surface area contributed by atoms with E-state index in [1.54, 1.807) is 0 Å². The molecule has 1 N–H and O–H groups in total. The van der Waals surface area contributed by atoms with Crippen LogP contribution in [0.25, 0.3) is 22.0 Å². The molecule has 5 rings (SSSR count). The maximum absolute atomic E-state index is 6.78. The Morgan fingerprint density at radius 3 is 2.73 bits per heavy atom. The Labute approximate surface area is 181 Å². The summed E-state index contributed by atoms with van der Waals surface area (Å²) in [5.74, 6) is 0.985. The number of H-pyrrole nitrogens is 1. The van der Waals surface area contributed by atoms with Crippen molar-refractivity contribution < 1.29 is 4.74 Å². The third-order valence-electron chi connectivity index (χ3n) is 6.46. The molecule has 8 heteroatoms. The van der Waals surface area contributed by atoms with Crippen LogP contribution >= 0.6 is 11.6 Å². The van der Waals surface area contributed by atoms with E-state index in [9.17, 15) is 0 Å². The van der Waals surface area contributed by atoms with Crippen LogP contribution in [0, 0.1) is 6.92 Å². The molecule has 2 aliphatic heterocycles. The largest absolute Gasteiger partial charge is 0.356 e. The van der Waals surface area contributed by atoms with Gasteiger partial charge in [0.1, 0.15) is 0 Å². The summed E-state index contributed by atoms with van der Waals surface area (Å²) in [4.78, 5) is 4.84. The van der Waals surface area contributed by atoms with Gasteiger partial charge < -0.3 is 14.5 Å². The lowest BCUT2D eigenvalue weighted by atomic mass is 10.0. The lowest BCUT2D eigenvalue weighted by Gasteiger charge is -2.34. The fraction of sp³-hybridized carbons (Fsp3) is 0.545. The highest BCUT2D eigenvalue weighted by atomic mass is 35.5. The average Bonchev–Trinajstić information content (AvgIpc) is 3.38. The topological polar surface area (TPSA) is 62.2 Å². The van der Waals surface area contributed by atoms with Crippen molar-refractivity contribution in [1.82, 2.24) is 24.9 Å². The van der Waals surface area contributed by atoms with Crippen molar-refractivity contribution >= 4 is 28.3 Å². The van der Waals surface area contributed by atoms with E-state index in [0.29, 0.717) is 0 Å². The van der Waals surface area contributed by atoms with Gasteiger partial charge in [0, 0.05) is 60.0 Å². The summed E-state index contributed by atoms with van der Waals surface area (Å²) in [6.45, 7) is 10.2. The number of fused-ring (bicyclic) bond motifs is 1. The van der Waals surface area contributed by atoms with E-state index >= 15 is 0 Å². The summed E-state index contributed by atoms with van der Waals surface area (Å²) in [5, 5.41) is 14.4. The van der Waals surface area contributed by atoms with Gasteiger partial charge in [-0.3, -0.25) is 5.10 Å². The van der Waals surface area contributed by atoms with Gasteiger partial charge in [0.25, 0.3) is 0 Å². The zero-order valence-corrected chi connectivity index (χ0v) is 18.5. The number of likely N-dealkylation sites (N-methyl/N-ethyl adjacent to an activating group) is 1. The van der Waals surface area contributed by atoms with Crippen LogP contribution < -0.4 is 4.90 Å². The van der Waals surface area contributed by atoms with Crippen molar-refractivity contribution in [2.75, 3.05) is 44.2 Å². The highest BCUT2D eigenvalue weighted by Gasteiger charge is 2.27. The Bertz CT molecular complexity index is 1030. The molecule has 1 atom stereocenters. The zero-order chi connectivity index (χ0) is 20.7. The predicted octanol–water partition coefficient (Wildman–Crippen LogP) is 4.23. The molecule has 0 saturated carbocycles. The lowest BCUT2D eigenvalue weighted by molar-refractivity contribution is -0.0366. The first kappa shape index (κ1) is 19.8. The summed E-state index contributed by atoms with van der Waals surface area (Å²) in [5.41, 5.74) is 4.18. The first-order valence-corrected chi connectivity index (χ1v) is 11.3. The molecule has 1 unspecified atom stereocenters. The smallest absolute Gasteiger partial charge is 0.158 e. The molecule has 0 radical (unpaired) electrons. The van der Waals surface area contributed by atoms with Crippen molar-refractivity contribution in [3.63, 3.8) is 0 Å².